The van der Waals surface area contributed by atoms with Crippen molar-refractivity contribution in [3.05, 3.63) is 32.1 Å². The van der Waals surface area contributed by atoms with Gasteiger partial charge in [0.25, 0.3) is 5.56 Å². The van der Waals surface area contributed by atoms with Crippen molar-refractivity contribution in [3.8, 4) is 0 Å². The minimum absolute atomic E-state index is 0.0337. The van der Waals surface area contributed by atoms with Crippen LogP contribution in [0.4, 0.5) is 13.2 Å². The lowest BCUT2D eigenvalue weighted by molar-refractivity contribution is -0.188. The number of piperidine rings is 1. The number of aromatic nitrogens is 2. The van der Waals surface area contributed by atoms with Crippen LogP contribution < -0.4 is 11.2 Å². The molecule has 0 spiro atoms. The zero-order chi connectivity index (χ0) is 17.2. The van der Waals surface area contributed by atoms with Gasteiger partial charge in [0.2, 0.25) is 5.91 Å². The average molecular weight is 333 g/mol. The third-order valence-corrected chi connectivity index (χ3v) is 4.08. The van der Waals surface area contributed by atoms with Crippen LogP contribution in [0.1, 0.15) is 30.5 Å². The Bertz CT molecular complexity index is 693. The summed E-state index contributed by atoms with van der Waals surface area (Å²) in [5.41, 5.74) is -0.585. The van der Waals surface area contributed by atoms with Gasteiger partial charge >= 0.3 is 11.9 Å². The lowest BCUT2D eigenvalue weighted by Gasteiger charge is -2.33. The van der Waals surface area contributed by atoms with Crippen molar-refractivity contribution in [3.63, 3.8) is 0 Å². The molecule has 1 fully saturated rings. The first-order chi connectivity index (χ1) is 10.7. The van der Waals surface area contributed by atoms with Crippen LogP contribution in [-0.4, -0.2) is 40.0 Å². The predicted molar refractivity (Wildman–Crippen MR) is 76.1 cm³/mol. The number of alkyl halides is 3. The van der Waals surface area contributed by atoms with Crippen LogP contribution in [0.3, 0.4) is 0 Å². The van der Waals surface area contributed by atoms with Crippen LogP contribution in [0.2, 0.25) is 0 Å². The third-order valence-electron chi connectivity index (χ3n) is 4.08. The van der Waals surface area contributed by atoms with Crippen LogP contribution in [0.15, 0.2) is 9.59 Å². The van der Waals surface area contributed by atoms with Gasteiger partial charge in [-0.15, -0.1) is 0 Å². The van der Waals surface area contributed by atoms with Gasteiger partial charge in [0.05, 0.1) is 5.92 Å². The molecule has 1 aromatic rings. The first kappa shape index (κ1) is 17.3. The van der Waals surface area contributed by atoms with Gasteiger partial charge in [-0.25, -0.2) is 4.79 Å². The van der Waals surface area contributed by atoms with Crippen molar-refractivity contribution in [2.24, 2.45) is 5.92 Å². The zero-order valence-corrected chi connectivity index (χ0v) is 12.6. The molecule has 2 N–H and O–H groups in total. The standard InChI is InChI=1S/C14H18F3N3O3/c1-8-10(12(22)19-13(23)18-8)4-5-11(21)20-6-2-3-9(7-20)14(15,16)17/h9H,2-7H2,1H3,(H2,18,19,22,23)/t9-/m1/s1. The third kappa shape index (κ3) is 4.23. The van der Waals surface area contributed by atoms with E-state index in [-0.39, 0.29) is 31.4 Å². The van der Waals surface area contributed by atoms with Crippen LogP contribution >= 0.6 is 0 Å². The number of carbonyl (C=O) groups is 1. The second kappa shape index (κ2) is 6.59. The minimum atomic E-state index is -4.30. The topological polar surface area (TPSA) is 86.0 Å². The number of amides is 1. The van der Waals surface area contributed by atoms with Gasteiger partial charge < -0.3 is 9.88 Å². The van der Waals surface area contributed by atoms with Crippen molar-refractivity contribution in [1.29, 1.82) is 0 Å². The molecule has 128 valence electrons. The molecule has 2 rings (SSSR count). The molecular weight excluding hydrogens is 315 g/mol. The maximum atomic E-state index is 12.8. The Morgan fingerprint density at radius 1 is 1.30 bits per heavy atom. The Morgan fingerprint density at radius 2 is 2.00 bits per heavy atom. The fourth-order valence-corrected chi connectivity index (χ4v) is 2.79. The molecule has 1 atom stereocenters. The van der Waals surface area contributed by atoms with Crippen LogP contribution in [-0.2, 0) is 11.2 Å². The van der Waals surface area contributed by atoms with Gasteiger partial charge in [-0.3, -0.25) is 14.6 Å². The van der Waals surface area contributed by atoms with Crippen LogP contribution in [0, 0.1) is 12.8 Å². The smallest absolute Gasteiger partial charge is 0.342 e. The maximum absolute atomic E-state index is 12.8. The fraction of sp³-hybridized carbons (Fsp3) is 0.643. The Labute approximate surface area is 129 Å². The summed E-state index contributed by atoms with van der Waals surface area (Å²) < 4.78 is 38.3. The fourth-order valence-electron chi connectivity index (χ4n) is 2.79. The van der Waals surface area contributed by atoms with Crippen molar-refractivity contribution in [1.82, 2.24) is 14.9 Å². The predicted octanol–water partition coefficient (Wildman–Crippen LogP) is 1.11. The number of H-pyrrole nitrogens is 2. The number of carbonyl (C=O) groups excluding carboxylic acids is 1. The van der Waals surface area contributed by atoms with E-state index in [0.29, 0.717) is 18.7 Å². The van der Waals surface area contributed by atoms with Crippen molar-refractivity contribution in [2.45, 2.75) is 38.8 Å². The summed E-state index contributed by atoms with van der Waals surface area (Å²) in [5, 5.41) is 0. The van der Waals surface area contributed by atoms with E-state index < -0.39 is 29.3 Å². The molecule has 0 aromatic carbocycles. The van der Waals surface area contributed by atoms with E-state index in [4.69, 9.17) is 0 Å². The van der Waals surface area contributed by atoms with E-state index >= 15 is 0 Å². The molecule has 9 heteroatoms. The molecule has 0 aliphatic carbocycles. The Hall–Kier alpha value is -2.06. The molecule has 0 saturated carbocycles. The minimum Gasteiger partial charge on any atom is -0.342 e. The first-order valence-electron chi connectivity index (χ1n) is 7.35. The zero-order valence-electron chi connectivity index (χ0n) is 12.6. The summed E-state index contributed by atoms with van der Waals surface area (Å²) in [4.78, 5) is 40.6. The summed E-state index contributed by atoms with van der Waals surface area (Å²) in [6.07, 6.45) is -3.95. The Kier molecular flexibility index (Phi) is 4.96. The van der Waals surface area contributed by atoms with Crippen molar-refractivity contribution < 1.29 is 18.0 Å². The van der Waals surface area contributed by atoms with Crippen molar-refractivity contribution in [2.75, 3.05) is 13.1 Å². The molecular formula is C14H18F3N3O3. The number of aromatic amines is 2. The molecule has 1 aromatic heterocycles. The summed E-state index contributed by atoms with van der Waals surface area (Å²) in [5.74, 6) is -1.90. The number of rotatable bonds is 3. The molecule has 1 aliphatic heterocycles. The quantitative estimate of drug-likeness (QED) is 0.869. The molecule has 1 aliphatic rings. The first-order valence-corrected chi connectivity index (χ1v) is 7.35. The van der Waals surface area contributed by atoms with Gasteiger partial charge in [-0.2, -0.15) is 13.2 Å². The number of hydrogen-bond acceptors (Lipinski definition) is 3. The molecule has 0 unspecified atom stereocenters. The average Bonchev–Trinajstić information content (AvgIpc) is 2.45. The molecule has 0 radical (unpaired) electrons. The van der Waals surface area contributed by atoms with Gasteiger partial charge in [-0.05, 0) is 26.2 Å². The molecule has 0 bridgehead atoms. The second-order valence-electron chi connectivity index (χ2n) is 5.73. The van der Waals surface area contributed by atoms with Gasteiger partial charge in [0, 0.05) is 30.8 Å². The molecule has 6 nitrogen and oxygen atoms in total. The number of halogens is 3. The van der Waals surface area contributed by atoms with Crippen molar-refractivity contribution >= 4 is 5.91 Å². The second-order valence-corrected chi connectivity index (χ2v) is 5.73. The van der Waals surface area contributed by atoms with E-state index in [2.05, 4.69) is 9.97 Å². The van der Waals surface area contributed by atoms with Gasteiger partial charge in [0.15, 0.2) is 0 Å². The number of nitrogens with zero attached hydrogens (tertiary/aromatic N) is 1. The van der Waals surface area contributed by atoms with E-state index in [1.807, 2.05) is 0 Å². The molecule has 1 saturated heterocycles. The van der Waals surface area contributed by atoms with Crippen LogP contribution in [0.25, 0.3) is 0 Å². The highest BCUT2D eigenvalue weighted by molar-refractivity contribution is 5.76. The van der Waals surface area contributed by atoms with E-state index in [1.54, 1.807) is 0 Å². The Balaban J connectivity index is 2.00. The SMILES string of the molecule is Cc1[nH]c(=O)[nH]c(=O)c1CCC(=O)N1CCC[C@@H](C(F)(F)F)C1. The molecule has 1 amide bonds. The van der Waals surface area contributed by atoms with Gasteiger partial charge in [-0.1, -0.05) is 0 Å². The highest BCUT2D eigenvalue weighted by atomic mass is 19.4. The summed E-state index contributed by atoms with van der Waals surface area (Å²) in [6.45, 7) is 1.51. The summed E-state index contributed by atoms with van der Waals surface area (Å²) in [7, 11) is 0. The van der Waals surface area contributed by atoms with Gasteiger partial charge in [0.1, 0.15) is 0 Å². The highest BCUT2D eigenvalue weighted by Crippen LogP contribution is 2.33. The number of hydrogen-bond donors (Lipinski definition) is 2. The number of nitrogens with one attached hydrogen (secondary N) is 2. The van der Waals surface area contributed by atoms with E-state index in [9.17, 15) is 27.6 Å². The van der Waals surface area contributed by atoms with Crippen LogP contribution in [0.5, 0.6) is 0 Å². The Morgan fingerprint density at radius 3 is 2.61 bits per heavy atom. The summed E-state index contributed by atoms with van der Waals surface area (Å²) in [6, 6.07) is 0. The molecule has 2 heterocycles. The van der Waals surface area contributed by atoms with E-state index in [1.165, 1.54) is 11.8 Å². The monoisotopic (exact) mass is 333 g/mol. The molecule has 23 heavy (non-hydrogen) atoms. The lowest BCUT2D eigenvalue weighted by Crippen LogP contribution is -2.44. The largest absolute Gasteiger partial charge is 0.393 e. The normalized spacial score (nSPS) is 19.0. The summed E-state index contributed by atoms with van der Waals surface area (Å²) >= 11 is 0. The number of aryl methyl sites for hydroxylation is 1. The lowest BCUT2D eigenvalue weighted by atomic mass is 9.97. The highest BCUT2D eigenvalue weighted by Gasteiger charge is 2.42. The maximum Gasteiger partial charge on any atom is 0.393 e. The number of likely N-dealkylation sites (tertiary alicyclic amines) is 1. The van der Waals surface area contributed by atoms with E-state index in [0.717, 1.165) is 0 Å².